The van der Waals surface area contributed by atoms with Crippen LogP contribution >= 0.6 is 0 Å². The van der Waals surface area contributed by atoms with E-state index in [9.17, 15) is 0 Å². The average Bonchev–Trinajstić information content (AvgIpc) is 1.86. The van der Waals surface area contributed by atoms with Crippen molar-refractivity contribution >= 4 is 20.4 Å². The second kappa shape index (κ2) is 1.63. The van der Waals surface area contributed by atoms with E-state index in [4.69, 9.17) is 9.47 Å². The Bertz CT molecular complexity index is 63.2. The molecule has 0 N–H and O–H groups in total. The zero-order valence-electron chi connectivity index (χ0n) is 3.14. The summed E-state index contributed by atoms with van der Waals surface area (Å²) in [6.07, 6.45) is 0. The van der Waals surface area contributed by atoms with Gasteiger partial charge in [-0.2, -0.15) is 0 Å². The molecule has 0 spiro atoms. The van der Waals surface area contributed by atoms with E-state index in [1.54, 1.807) is 0 Å². The van der Waals surface area contributed by atoms with Crippen molar-refractivity contribution in [3.63, 3.8) is 0 Å². The summed E-state index contributed by atoms with van der Waals surface area (Å²) in [6.45, 7) is 1.39. The molecule has 0 radical (unpaired) electrons. The van der Waals surface area contributed by atoms with Crippen molar-refractivity contribution in [2.45, 2.75) is 0 Å². The predicted molar refractivity (Wildman–Crippen MR) is 22.7 cm³/mol. The van der Waals surface area contributed by atoms with Gasteiger partial charge in [-0.15, -0.1) is 0 Å². The average molecular weight is 151 g/mol. The Balaban J connectivity index is 2.37. The summed E-state index contributed by atoms with van der Waals surface area (Å²) >= 11 is 2.61. The molecule has 1 rings (SSSR count). The fourth-order valence-electron chi connectivity index (χ4n) is 0.292. The zero-order chi connectivity index (χ0) is 4.41. The third kappa shape index (κ3) is 0.730. The van der Waals surface area contributed by atoms with Gasteiger partial charge in [-0.25, -0.2) is 0 Å². The van der Waals surface area contributed by atoms with Crippen LogP contribution in [-0.4, -0.2) is 33.6 Å². The molecule has 0 saturated carbocycles. The molecule has 1 heterocycles. The summed E-state index contributed by atoms with van der Waals surface area (Å²) in [5.74, 6) is 0. The van der Waals surface area contributed by atoms with Crippen molar-refractivity contribution in [1.82, 2.24) is 0 Å². The van der Waals surface area contributed by atoms with Crippen molar-refractivity contribution in [2.75, 3.05) is 13.2 Å². The van der Waals surface area contributed by atoms with Crippen molar-refractivity contribution in [1.29, 1.82) is 0 Å². The van der Waals surface area contributed by atoms with Gasteiger partial charge in [-0.05, 0) is 0 Å². The molecule has 0 bridgehead atoms. The molecule has 0 aliphatic carbocycles. The van der Waals surface area contributed by atoms with Gasteiger partial charge in [0.05, 0.1) is 0 Å². The molecule has 34 valence electrons. The van der Waals surface area contributed by atoms with Gasteiger partial charge in [0.2, 0.25) is 0 Å². The second-order valence-corrected chi connectivity index (χ2v) is 1.65. The zero-order valence-corrected chi connectivity index (χ0v) is 4.85. The molecule has 1 saturated heterocycles. The molecule has 0 atom stereocenters. The number of hydrogen-bond acceptors (Lipinski definition) is 2. The van der Waals surface area contributed by atoms with Crippen LogP contribution in [0, 0.1) is 0 Å². The van der Waals surface area contributed by atoms with Gasteiger partial charge in [0.1, 0.15) is 0 Å². The molecule has 2 nitrogen and oxygen atoms in total. The van der Waals surface area contributed by atoms with Crippen LogP contribution in [-0.2, 0) is 9.47 Å². The van der Waals surface area contributed by atoms with E-state index in [1.165, 1.54) is 0 Å². The monoisotopic (exact) mass is 152 g/mol. The third-order valence-corrected chi connectivity index (χ3v) is 1.02. The number of ether oxygens (including phenoxy) is 2. The summed E-state index contributed by atoms with van der Waals surface area (Å²) in [5, 5.41) is 0. The van der Waals surface area contributed by atoms with E-state index in [2.05, 4.69) is 15.6 Å². The maximum atomic E-state index is 4.79. The van der Waals surface area contributed by atoms with Crippen LogP contribution in [0.25, 0.3) is 0 Å². The van der Waals surface area contributed by atoms with Gasteiger partial charge in [-0.1, -0.05) is 0 Å². The van der Waals surface area contributed by atoms with E-state index in [0.717, 1.165) is 0 Å². The van der Waals surface area contributed by atoms with Crippen LogP contribution in [0.15, 0.2) is 0 Å². The van der Waals surface area contributed by atoms with E-state index < -0.39 is 0 Å². The van der Waals surface area contributed by atoms with E-state index >= 15 is 0 Å². The minimum absolute atomic E-state index is 0.579. The molecule has 0 aromatic carbocycles. The Morgan fingerprint density at radius 2 is 1.83 bits per heavy atom. The van der Waals surface area contributed by atoms with Crippen LogP contribution in [0.4, 0.5) is 0 Å². The van der Waals surface area contributed by atoms with Crippen LogP contribution < -0.4 is 0 Å². The normalized spacial score (nSPS) is 19.7. The van der Waals surface area contributed by atoms with Gasteiger partial charge in [0.15, 0.2) is 0 Å². The topological polar surface area (TPSA) is 18.5 Å². The molecule has 6 heavy (non-hydrogen) atoms. The molecule has 3 heteroatoms. The summed E-state index contributed by atoms with van der Waals surface area (Å²) in [7, 11) is 0. The molecular weight excluding hydrogens is 147 g/mol. The quantitative estimate of drug-likeness (QED) is 0.426. The first-order valence-corrected chi connectivity index (χ1v) is 2.55. The van der Waals surface area contributed by atoms with Crippen molar-refractivity contribution in [3.05, 3.63) is 0 Å². The molecule has 0 unspecified atom stereocenters. The van der Waals surface area contributed by atoms with E-state index in [0.29, 0.717) is 18.0 Å². The summed E-state index contributed by atoms with van der Waals surface area (Å²) in [4.78, 5) is 0.579. The molecule has 0 aromatic heterocycles. The molecule has 0 amide bonds. The van der Waals surface area contributed by atoms with Gasteiger partial charge < -0.3 is 0 Å². The Hall–Kier alpha value is -0.0105. The third-order valence-electron chi connectivity index (χ3n) is 0.523. The molecular formula is C3H4O2Se. The molecule has 1 aliphatic rings. The van der Waals surface area contributed by atoms with Gasteiger partial charge in [-0.3, -0.25) is 0 Å². The van der Waals surface area contributed by atoms with Gasteiger partial charge in [0, 0.05) is 0 Å². The SMILES string of the molecule is [Se]=C1OCCO1. The van der Waals surface area contributed by atoms with Crippen molar-refractivity contribution in [3.8, 4) is 0 Å². The summed E-state index contributed by atoms with van der Waals surface area (Å²) in [5.41, 5.74) is 0. The molecule has 0 aromatic rings. The fourth-order valence-corrected chi connectivity index (χ4v) is 0.641. The van der Waals surface area contributed by atoms with Crippen LogP contribution in [0.5, 0.6) is 0 Å². The first-order valence-electron chi connectivity index (χ1n) is 1.69. The van der Waals surface area contributed by atoms with Crippen LogP contribution in [0.1, 0.15) is 0 Å². The summed E-state index contributed by atoms with van der Waals surface area (Å²) in [6, 6.07) is 0. The predicted octanol–water partition coefficient (Wildman–Crippen LogP) is -0.711. The standard InChI is InChI=1S/C3H4O2Se/c6-3-4-1-2-5-3/h1-2H2. The maximum absolute atomic E-state index is 4.79. The Morgan fingerprint density at radius 3 is 2.00 bits per heavy atom. The second-order valence-electron chi connectivity index (χ2n) is 0.947. The fraction of sp³-hybridized carbons (Fsp3) is 0.667. The summed E-state index contributed by atoms with van der Waals surface area (Å²) < 4.78 is 9.58. The first-order chi connectivity index (χ1) is 2.89. The van der Waals surface area contributed by atoms with Crippen LogP contribution in [0.3, 0.4) is 0 Å². The Morgan fingerprint density at radius 1 is 1.33 bits per heavy atom. The first kappa shape index (κ1) is 4.16. The van der Waals surface area contributed by atoms with E-state index in [-0.39, 0.29) is 0 Å². The van der Waals surface area contributed by atoms with E-state index in [1.807, 2.05) is 0 Å². The van der Waals surface area contributed by atoms with Gasteiger partial charge >= 0.3 is 43.1 Å². The minimum atomic E-state index is 0.579. The molecule has 1 fully saturated rings. The van der Waals surface area contributed by atoms with Crippen LogP contribution in [0.2, 0.25) is 0 Å². The van der Waals surface area contributed by atoms with Gasteiger partial charge in [0.25, 0.3) is 0 Å². The Labute approximate surface area is 43.8 Å². The molecule has 1 aliphatic heterocycles. The Kier molecular flexibility index (Phi) is 1.13. The van der Waals surface area contributed by atoms with Crippen molar-refractivity contribution in [2.24, 2.45) is 0 Å². The van der Waals surface area contributed by atoms with Crippen molar-refractivity contribution < 1.29 is 9.47 Å². The number of hydrogen-bond donors (Lipinski definition) is 0. The number of rotatable bonds is 0.